The Hall–Kier alpha value is -3.16. The summed E-state index contributed by atoms with van der Waals surface area (Å²) in [6, 6.07) is 9.10. The van der Waals surface area contributed by atoms with E-state index in [2.05, 4.69) is 20.6 Å². The zero-order valence-electron chi connectivity index (χ0n) is 14.3. The third-order valence-electron chi connectivity index (χ3n) is 3.43. The van der Waals surface area contributed by atoms with E-state index in [4.69, 9.17) is 9.15 Å². The van der Waals surface area contributed by atoms with Gasteiger partial charge in [0.2, 0.25) is 5.89 Å². The summed E-state index contributed by atoms with van der Waals surface area (Å²) in [4.78, 5) is 12.2. The average Bonchev–Trinajstić information content (AvgIpc) is 3.25. The second kappa shape index (κ2) is 7.16. The Kier molecular flexibility index (Phi) is 4.78. The number of rotatable bonds is 6. The molecule has 8 heteroatoms. The zero-order chi connectivity index (χ0) is 17.8. The summed E-state index contributed by atoms with van der Waals surface area (Å²) in [5, 5.41) is 14.5. The summed E-state index contributed by atoms with van der Waals surface area (Å²) in [6.45, 7) is 6.49. The number of carbonyl (C=O) groups excluding carboxylic acids is 1. The third-order valence-corrected chi connectivity index (χ3v) is 3.43. The number of ether oxygens (including phenoxy) is 1. The van der Waals surface area contributed by atoms with E-state index in [1.54, 1.807) is 16.9 Å². The average molecular weight is 341 g/mol. The van der Waals surface area contributed by atoms with Gasteiger partial charge in [0.1, 0.15) is 5.75 Å². The van der Waals surface area contributed by atoms with Crippen LogP contribution in [0.2, 0.25) is 0 Å². The van der Waals surface area contributed by atoms with Crippen molar-refractivity contribution in [3.63, 3.8) is 0 Å². The van der Waals surface area contributed by atoms with Gasteiger partial charge in [-0.1, -0.05) is 5.10 Å². The second-order valence-corrected chi connectivity index (χ2v) is 5.60. The first kappa shape index (κ1) is 16.7. The van der Waals surface area contributed by atoms with Gasteiger partial charge in [0.15, 0.2) is 5.69 Å². The van der Waals surface area contributed by atoms with Crippen molar-refractivity contribution in [1.82, 2.24) is 20.0 Å². The minimum absolute atomic E-state index is 0.0213. The summed E-state index contributed by atoms with van der Waals surface area (Å²) < 4.78 is 12.6. The first-order chi connectivity index (χ1) is 12.1. The molecule has 1 amide bonds. The van der Waals surface area contributed by atoms with E-state index in [-0.39, 0.29) is 17.8 Å². The minimum Gasteiger partial charge on any atom is -0.494 e. The van der Waals surface area contributed by atoms with Gasteiger partial charge in [-0.25, -0.2) is 0 Å². The molecule has 0 saturated carbocycles. The predicted octanol–water partition coefficient (Wildman–Crippen LogP) is 3.17. The number of aromatic nitrogens is 4. The first-order valence-corrected chi connectivity index (χ1v) is 8.00. The number of anilines is 1. The molecule has 1 aromatic carbocycles. The number of nitrogens with one attached hydrogen (secondary N) is 1. The van der Waals surface area contributed by atoms with Crippen LogP contribution in [0.3, 0.4) is 0 Å². The Morgan fingerprint density at radius 2 is 2.00 bits per heavy atom. The molecule has 2 heterocycles. The van der Waals surface area contributed by atoms with E-state index >= 15 is 0 Å². The van der Waals surface area contributed by atoms with Crippen molar-refractivity contribution >= 4 is 11.9 Å². The standard InChI is InChI=1S/C17H19N5O3/c1-4-24-13-7-5-12(6-8-13)16-19-20-17(25-16)18-15(23)14-9-10-22(21-14)11(2)3/h5-11H,4H2,1-3H3,(H,18,20,23). The molecule has 3 aromatic rings. The van der Waals surface area contributed by atoms with Gasteiger partial charge in [0.05, 0.1) is 6.61 Å². The largest absolute Gasteiger partial charge is 0.494 e. The van der Waals surface area contributed by atoms with Gasteiger partial charge in [-0.15, -0.1) is 5.10 Å². The molecule has 130 valence electrons. The zero-order valence-corrected chi connectivity index (χ0v) is 14.3. The number of hydrogen-bond acceptors (Lipinski definition) is 6. The van der Waals surface area contributed by atoms with Gasteiger partial charge < -0.3 is 9.15 Å². The molecule has 25 heavy (non-hydrogen) atoms. The van der Waals surface area contributed by atoms with Crippen molar-refractivity contribution in [2.24, 2.45) is 0 Å². The van der Waals surface area contributed by atoms with Crippen molar-refractivity contribution < 1.29 is 13.9 Å². The normalized spacial score (nSPS) is 10.9. The van der Waals surface area contributed by atoms with Crippen molar-refractivity contribution in [2.45, 2.75) is 26.8 Å². The molecule has 0 aliphatic carbocycles. The molecule has 2 aromatic heterocycles. The molecule has 8 nitrogen and oxygen atoms in total. The number of nitrogens with zero attached hydrogens (tertiary/aromatic N) is 4. The van der Waals surface area contributed by atoms with Crippen LogP contribution in [0.1, 0.15) is 37.3 Å². The van der Waals surface area contributed by atoms with Gasteiger partial charge in [-0.05, 0) is 51.1 Å². The summed E-state index contributed by atoms with van der Waals surface area (Å²) in [7, 11) is 0. The smallest absolute Gasteiger partial charge is 0.322 e. The number of carbonyl (C=O) groups is 1. The highest BCUT2D eigenvalue weighted by Gasteiger charge is 2.15. The van der Waals surface area contributed by atoms with Crippen molar-refractivity contribution in [1.29, 1.82) is 0 Å². The Morgan fingerprint density at radius 3 is 2.64 bits per heavy atom. The van der Waals surface area contributed by atoms with Crippen LogP contribution in [0.5, 0.6) is 5.75 Å². The second-order valence-electron chi connectivity index (χ2n) is 5.60. The van der Waals surface area contributed by atoms with E-state index in [0.29, 0.717) is 12.5 Å². The van der Waals surface area contributed by atoms with Crippen LogP contribution < -0.4 is 10.1 Å². The van der Waals surface area contributed by atoms with Crippen LogP contribution in [0, 0.1) is 0 Å². The maximum absolute atomic E-state index is 12.2. The lowest BCUT2D eigenvalue weighted by atomic mass is 10.2. The van der Waals surface area contributed by atoms with Gasteiger partial charge in [-0.2, -0.15) is 5.10 Å². The number of hydrogen-bond donors (Lipinski definition) is 1. The van der Waals surface area contributed by atoms with Crippen molar-refractivity contribution in [3.05, 3.63) is 42.2 Å². The summed E-state index contributed by atoms with van der Waals surface area (Å²) in [6.07, 6.45) is 1.75. The Bertz CT molecular complexity index is 851. The third kappa shape index (κ3) is 3.85. The van der Waals surface area contributed by atoms with Crippen molar-refractivity contribution in [2.75, 3.05) is 11.9 Å². The van der Waals surface area contributed by atoms with Crippen LogP contribution in [0.4, 0.5) is 6.01 Å². The molecule has 0 aliphatic rings. The summed E-state index contributed by atoms with van der Waals surface area (Å²) in [5.74, 6) is 0.674. The van der Waals surface area contributed by atoms with Gasteiger partial charge in [0, 0.05) is 17.8 Å². The van der Waals surface area contributed by atoms with E-state index in [1.807, 2.05) is 45.0 Å². The highest BCUT2D eigenvalue weighted by molar-refractivity contribution is 6.01. The molecule has 0 spiro atoms. The van der Waals surface area contributed by atoms with Crippen LogP contribution in [-0.2, 0) is 0 Å². The van der Waals surface area contributed by atoms with Gasteiger partial charge in [-0.3, -0.25) is 14.8 Å². The molecular formula is C17H19N5O3. The van der Waals surface area contributed by atoms with Crippen molar-refractivity contribution in [3.8, 4) is 17.2 Å². The summed E-state index contributed by atoms with van der Waals surface area (Å²) in [5.41, 5.74) is 1.02. The molecule has 0 bridgehead atoms. The maximum Gasteiger partial charge on any atom is 0.322 e. The number of benzene rings is 1. The lowest BCUT2D eigenvalue weighted by Gasteiger charge is -2.03. The fraction of sp³-hybridized carbons (Fsp3) is 0.294. The SMILES string of the molecule is CCOc1ccc(-c2nnc(NC(=O)c3ccn(C(C)C)n3)o2)cc1. The molecule has 0 radical (unpaired) electrons. The molecular weight excluding hydrogens is 322 g/mol. The molecule has 1 N–H and O–H groups in total. The molecule has 0 atom stereocenters. The van der Waals surface area contributed by atoms with E-state index in [0.717, 1.165) is 11.3 Å². The minimum atomic E-state index is -0.402. The predicted molar refractivity (Wildman–Crippen MR) is 91.5 cm³/mol. The summed E-state index contributed by atoms with van der Waals surface area (Å²) >= 11 is 0. The van der Waals surface area contributed by atoms with Crippen LogP contribution in [-0.4, -0.2) is 32.5 Å². The Labute approximate surface area is 144 Å². The fourth-order valence-electron chi connectivity index (χ4n) is 2.16. The van der Waals surface area contributed by atoms with E-state index in [1.165, 1.54) is 0 Å². The highest BCUT2D eigenvalue weighted by Crippen LogP contribution is 2.22. The maximum atomic E-state index is 12.2. The van der Waals surface area contributed by atoms with Gasteiger partial charge >= 0.3 is 6.01 Å². The quantitative estimate of drug-likeness (QED) is 0.740. The molecule has 0 aliphatic heterocycles. The fourth-order valence-corrected chi connectivity index (χ4v) is 2.16. The molecule has 0 saturated heterocycles. The topological polar surface area (TPSA) is 95.1 Å². The number of amides is 1. The Balaban J connectivity index is 1.69. The van der Waals surface area contributed by atoms with Crippen LogP contribution >= 0.6 is 0 Å². The highest BCUT2D eigenvalue weighted by atomic mass is 16.5. The molecule has 0 unspecified atom stereocenters. The lowest BCUT2D eigenvalue weighted by Crippen LogP contribution is -2.14. The van der Waals surface area contributed by atoms with E-state index in [9.17, 15) is 4.79 Å². The molecule has 3 rings (SSSR count). The monoisotopic (exact) mass is 341 g/mol. The van der Waals surface area contributed by atoms with Crippen LogP contribution in [0.15, 0.2) is 40.9 Å². The Morgan fingerprint density at radius 1 is 1.24 bits per heavy atom. The van der Waals surface area contributed by atoms with Crippen LogP contribution in [0.25, 0.3) is 11.5 Å². The lowest BCUT2D eigenvalue weighted by molar-refractivity contribution is 0.101. The molecule has 0 fully saturated rings. The first-order valence-electron chi connectivity index (χ1n) is 8.00. The van der Waals surface area contributed by atoms with E-state index < -0.39 is 5.91 Å². The van der Waals surface area contributed by atoms with Gasteiger partial charge in [0.25, 0.3) is 5.91 Å².